The first kappa shape index (κ1) is 10.5. The van der Waals surface area contributed by atoms with Gasteiger partial charge in [-0.25, -0.2) is 0 Å². The minimum absolute atomic E-state index is 0.498. The summed E-state index contributed by atoms with van der Waals surface area (Å²) in [4.78, 5) is 10.9. The lowest BCUT2D eigenvalue weighted by atomic mass is 9.93. The van der Waals surface area contributed by atoms with E-state index in [9.17, 15) is 4.79 Å². The van der Waals surface area contributed by atoms with Crippen molar-refractivity contribution in [1.82, 2.24) is 0 Å². The van der Waals surface area contributed by atoms with E-state index in [0.29, 0.717) is 26.1 Å². The van der Waals surface area contributed by atoms with Gasteiger partial charge in [0.05, 0.1) is 13.2 Å². The number of hydrogen-bond acceptors (Lipinski definition) is 3. The molecular weight excluding hydrogens is 172 g/mol. The molecule has 4 nitrogen and oxygen atoms in total. The van der Waals surface area contributed by atoms with Gasteiger partial charge in [0.25, 0.3) is 0 Å². The topological polar surface area (TPSA) is 55.8 Å². The van der Waals surface area contributed by atoms with Crippen molar-refractivity contribution >= 4 is 5.97 Å². The third kappa shape index (κ3) is 1.84. The summed E-state index contributed by atoms with van der Waals surface area (Å²) < 4.78 is 10.8. The molecule has 1 heterocycles. The van der Waals surface area contributed by atoms with Gasteiger partial charge in [0, 0.05) is 0 Å². The highest BCUT2D eigenvalue weighted by atomic mass is 16.7. The fourth-order valence-corrected chi connectivity index (χ4v) is 1.80. The third-order valence-corrected chi connectivity index (χ3v) is 2.51. The van der Waals surface area contributed by atoms with Crippen LogP contribution in [-0.2, 0) is 14.3 Å². The van der Waals surface area contributed by atoms with Crippen molar-refractivity contribution in [2.75, 3.05) is 13.2 Å². The van der Waals surface area contributed by atoms with Gasteiger partial charge in [0.1, 0.15) is 5.92 Å². The molecule has 1 unspecified atom stereocenters. The molecule has 1 saturated heterocycles. The predicted molar refractivity (Wildman–Crippen MR) is 46.3 cm³/mol. The van der Waals surface area contributed by atoms with Crippen molar-refractivity contribution < 1.29 is 19.4 Å². The molecule has 76 valence electrons. The second-order valence-corrected chi connectivity index (χ2v) is 3.16. The molecule has 0 spiro atoms. The maximum absolute atomic E-state index is 10.9. The summed E-state index contributed by atoms with van der Waals surface area (Å²) in [6.07, 6.45) is 1.11. The van der Waals surface area contributed by atoms with Crippen LogP contribution in [0.5, 0.6) is 0 Å². The van der Waals surface area contributed by atoms with Gasteiger partial charge in [-0.15, -0.1) is 0 Å². The molecule has 4 heteroatoms. The molecule has 1 atom stereocenters. The van der Waals surface area contributed by atoms with Crippen LogP contribution in [-0.4, -0.2) is 30.1 Å². The zero-order valence-corrected chi connectivity index (χ0v) is 8.08. The lowest BCUT2D eigenvalue weighted by molar-refractivity contribution is -0.208. The average Bonchev–Trinajstić information content (AvgIpc) is 2.55. The zero-order valence-electron chi connectivity index (χ0n) is 8.08. The van der Waals surface area contributed by atoms with Gasteiger partial charge in [0.2, 0.25) is 0 Å². The molecule has 1 fully saturated rings. The second-order valence-electron chi connectivity index (χ2n) is 3.16. The van der Waals surface area contributed by atoms with E-state index in [0.717, 1.165) is 0 Å². The first-order valence-corrected chi connectivity index (χ1v) is 4.67. The molecule has 1 rings (SSSR count). The molecule has 13 heavy (non-hydrogen) atoms. The molecule has 0 amide bonds. The van der Waals surface area contributed by atoms with Crippen LogP contribution >= 0.6 is 0 Å². The number of rotatable bonds is 4. The Morgan fingerprint density at radius 1 is 1.46 bits per heavy atom. The van der Waals surface area contributed by atoms with Gasteiger partial charge < -0.3 is 14.6 Å². The van der Waals surface area contributed by atoms with Crippen LogP contribution in [0.2, 0.25) is 0 Å². The van der Waals surface area contributed by atoms with Crippen LogP contribution in [0, 0.1) is 5.92 Å². The van der Waals surface area contributed by atoms with Crippen LogP contribution in [0.4, 0.5) is 0 Å². The van der Waals surface area contributed by atoms with Crippen molar-refractivity contribution in [1.29, 1.82) is 0 Å². The van der Waals surface area contributed by atoms with Crippen molar-refractivity contribution in [2.45, 2.75) is 32.5 Å². The Bertz CT molecular complexity index is 184. The largest absolute Gasteiger partial charge is 0.481 e. The van der Waals surface area contributed by atoms with Gasteiger partial charge >= 0.3 is 5.97 Å². The van der Waals surface area contributed by atoms with E-state index in [1.54, 1.807) is 0 Å². The van der Waals surface area contributed by atoms with Gasteiger partial charge in [-0.2, -0.15) is 0 Å². The quantitative estimate of drug-likeness (QED) is 0.721. The van der Waals surface area contributed by atoms with E-state index in [-0.39, 0.29) is 0 Å². The summed E-state index contributed by atoms with van der Waals surface area (Å²) in [6, 6.07) is 0. The van der Waals surface area contributed by atoms with Gasteiger partial charge in [-0.05, 0) is 12.8 Å². The Labute approximate surface area is 77.8 Å². The molecule has 0 saturated carbocycles. The minimum Gasteiger partial charge on any atom is -0.481 e. The number of hydrogen-bond donors (Lipinski definition) is 1. The maximum Gasteiger partial charge on any atom is 0.311 e. The minimum atomic E-state index is -0.874. The molecule has 0 bridgehead atoms. The Morgan fingerprint density at radius 2 is 2.00 bits per heavy atom. The molecule has 0 aliphatic carbocycles. The molecule has 0 aromatic rings. The number of carboxylic acids is 1. The van der Waals surface area contributed by atoms with Crippen molar-refractivity contribution in [2.24, 2.45) is 5.92 Å². The summed E-state index contributed by atoms with van der Waals surface area (Å²) in [6.45, 7) is 4.72. The van der Waals surface area contributed by atoms with Crippen LogP contribution in [0.25, 0.3) is 0 Å². The summed E-state index contributed by atoms with van der Waals surface area (Å²) in [5.41, 5.74) is 0. The molecule has 1 N–H and O–H groups in total. The van der Waals surface area contributed by atoms with Gasteiger partial charge in [-0.3, -0.25) is 4.79 Å². The molecule has 1 aliphatic heterocycles. The molecule has 0 radical (unpaired) electrons. The first-order chi connectivity index (χ1) is 6.16. The zero-order chi connectivity index (χ0) is 9.90. The van der Waals surface area contributed by atoms with Crippen molar-refractivity contribution in [3.05, 3.63) is 0 Å². The maximum atomic E-state index is 10.9. The molecular formula is C9H16O4. The van der Waals surface area contributed by atoms with Crippen LogP contribution in [0.3, 0.4) is 0 Å². The molecule has 0 aromatic carbocycles. The first-order valence-electron chi connectivity index (χ1n) is 4.67. The fraction of sp³-hybridized carbons (Fsp3) is 0.889. The normalized spacial score (nSPS) is 22.9. The number of ether oxygens (including phenoxy) is 2. The predicted octanol–water partition coefficient (Wildman–Crippen LogP) is 1.25. The lowest BCUT2D eigenvalue weighted by Gasteiger charge is -2.31. The SMILES string of the molecule is CCC(C(=O)O)C1(CC)OCCO1. The second kappa shape index (κ2) is 4.07. The van der Waals surface area contributed by atoms with Crippen LogP contribution in [0.15, 0.2) is 0 Å². The summed E-state index contributed by atoms with van der Waals surface area (Å²) in [5, 5.41) is 8.97. The Hall–Kier alpha value is -0.610. The standard InChI is InChI=1S/C9H16O4/c1-3-7(8(10)11)9(4-2)12-5-6-13-9/h7H,3-6H2,1-2H3,(H,10,11). The van der Waals surface area contributed by atoms with Gasteiger partial charge in [-0.1, -0.05) is 13.8 Å². The van der Waals surface area contributed by atoms with Gasteiger partial charge in [0.15, 0.2) is 5.79 Å². The molecule has 0 aromatic heterocycles. The highest BCUT2D eigenvalue weighted by Gasteiger charge is 2.45. The smallest absolute Gasteiger partial charge is 0.311 e. The summed E-state index contributed by atoms with van der Waals surface area (Å²) in [5.74, 6) is -2.27. The summed E-state index contributed by atoms with van der Waals surface area (Å²) >= 11 is 0. The number of aliphatic carboxylic acids is 1. The fourth-order valence-electron chi connectivity index (χ4n) is 1.80. The van der Waals surface area contributed by atoms with E-state index in [1.165, 1.54) is 0 Å². The third-order valence-electron chi connectivity index (χ3n) is 2.51. The van der Waals surface area contributed by atoms with Crippen LogP contribution < -0.4 is 0 Å². The Balaban J connectivity index is 2.78. The van der Waals surface area contributed by atoms with Crippen molar-refractivity contribution in [3.8, 4) is 0 Å². The van der Waals surface area contributed by atoms with E-state index in [1.807, 2.05) is 13.8 Å². The number of carbonyl (C=O) groups is 1. The highest BCUT2D eigenvalue weighted by molar-refractivity contribution is 5.71. The monoisotopic (exact) mass is 188 g/mol. The van der Waals surface area contributed by atoms with E-state index >= 15 is 0 Å². The van der Waals surface area contributed by atoms with E-state index < -0.39 is 17.7 Å². The van der Waals surface area contributed by atoms with Crippen LogP contribution in [0.1, 0.15) is 26.7 Å². The van der Waals surface area contributed by atoms with E-state index in [4.69, 9.17) is 14.6 Å². The lowest BCUT2D eigenvalue weighted by Crippen LogP contribution is -2.42. The Kier molecular flexibility index (Phi) is 3.27. The Morgan fingerprint density at radius 3 is 2.31 bits per heavy atom. The molecule has 1 aliphatic rings. The van der Waals surface area contributed by atoms with E-state index in [2.05, 4.69) is 0 Å². The van der Waals surface area contributed by atoms with Crippen molar-refractivity contribution in [3.63, 3.8) is 0 Å². The summed E-state index contributed by atoms with van der Waals surface area (Å²) in [7, 11) is 0. The number of carboxylic acid groups (broad SMARTS) is 1. The highest BCUT2D eigenvalue weighted by Crippen LogP contribution is 2.33. The average molecular weight is 188 g/mol.